The molecule has 0 saturated carbocycles. The zero-order valence-electron chi connectivity index (χ0n) is 8.10. The Morgan fingerprint density at radius 3 is 3.21 bits per heavy atom. The summed E-state index contributed by atoms with van der Waals surface area (Å²) < 4.78 is 10.7. The fraction of sp³-hybridized carbons (Fsp3) is 0.700. The minimum absolute atomic E-state index is 0.189. The van der Waals surface area contributed by atoms with E-state index < -0.39 is 11.7 Å². The number of carbonyl (C=O) groups excluding carboxylic acids is 1. The fourth-order valence-corrected chi connectivity index (χ4v) is 2.11. The molecule has 3 unspecified atom stereocenters. The zero-order chi connectivity index (χ0) is 10.2. The van der Waals surface area contributed by atoms with Gasteiger partial charge in [-0.1, -0.05) is 6.08 Å². The van der Waals surface area contributed by atoms with Crippen molar-refractivity contribution in [2.24, 2.45) is 0 Å². The summed E-state index contributed by atoms with van der Waals surface area (Å²) in [6.07, 6.45) is 3.95. The van der Waals surface area contributed by atoms with Gasteiger partial charge in [0.1, 0.15) is 6.10 Å². The first kappa shape index (κ1) is 9.68. The van der Waals surface area contributed by atoms with E-state index in [1.54, 1.807) is 12.2 Å². The van der Waals surface area contributed by atoms with Gasteiger partial charge in [0, 0.05) is 19.8 Å². The standard InChI is InChI=1S/C10H14O4/c1-7(11)14-10-3-2-8(12)6-9(10)13-5-4-10/h2-3,8-9,12H,4-6H2,1H3. The summed E-state index contributed by atoms with van der Waals surface area (Å²) in [6.45, 7) is 1.97. The molecule has 0 aromatic carbocycles. The normalized spacial score (nSPS) is 40.7. The fourth-order valence-electron chi connectivity index (χ4n) is 2.11. The van der Waals surface area contributed by atoms with E-state index >= 15 is 0 Å². The molecule has 1 heterocycles. The molecule has 3 atom stereocenters. The molecule has 0 radical (unpaired) electrons. The number of fused-ring (bicyclic) bond motifs is 1. The highest BCUT2D eigenvalue weighted by Gasteiger charge is 2.47. The van der Waals surface area contributed by atoms with Crippen LogP contribution in [-0.4, -0.2) is 35.5 Å². The van der Waals surface area contributed by atoms with E-state index in [1.807, 2.05) is 0 Å². The Bertz CT molecular complexity index is 273. The van der Waals surface area contributed by atoms with Gasteiger partial charge in [0.05, 0.1) is 12.7 Å². The molecular weight excluding hydrogens is 184 g/mol. The molecule has 0 bridgehead atoms. The smallest absolute Gasteiger partial charge is 0.303 e. The lowest BCUT2D eigenvalue weighted by atomic mass is 9.86. The number of rotatable bonds is 1. The van der Waals surface area contributed by atoms with E-state index in [1.165, 1.54) is 6.92 Å². The van der Waals surface area contributed by atoms with Gasteiger partial charge in [-0.15, -0.1) is 0 Å². The number of aliphatic hydroxyl groups is 1. The van der Waals surface area contributed by atoms with Gasteiger partial charge in [-0.3, -0.25) is 4.79 Å². The van der Waals surface area contributed by atoms with Crippen LogP contribution in [0.1, 0.15) is 19.8 Å². The summed E-state index contributed by atoms with van der Waals surface area (Å²) in [7, 11) is 0. The number of ether oxygens (including phenoxy) is 2. The first-order valence-electron chi connectivity index (χ1n) is 4.81. The first-order valence-corrected chi connectivity index (χ1v) is 4.81. The maximum atomic E-state index is 11.0. The second kappa shape index (κ2) is 3.37. The van der Waals surface area contributed by atoms with Crippen molar-refractivity contribution in [3.05, 3.63) is 12.2 Å². The van der Waals surface area contributed by atoms with Crippen molar-refractivity contribution in [2.45, 2.75) is 37.6 Å². The molecule has 1 N–H and O–H groups in total. The average molecular weight is 198 g/mol. The number of esters is 1. The Morgan fingerprint density at radius 1 is 1.71 bits per heavy atom. The lowest BCUT2D eigenvalue weighted by molar-refractivity contribution is -0.159. The van der Waals surface area contributed by atoms with Gasteiger partial charge in [-0.05, 0) is 6.08 Å². The Kier molecular flexibility index (Phi) is 2.33. The monoisotopic (exact) mass is 198 g/mol. The van der Waals surface area contributed by atoms with Gasteiger partial charge in [0.25, 0.3) is 0 Å². The van der Waals surface area contributed by atoms with Gasteiger partial charge in [-0.25, -0.2) is 0 Å². The van der Waals surface area contributed by atoms with Crippen LogP contribution in [0.4, 0.5) is 0 Å². The van der Waals surface area contributed by atoms with E-state index in [0.29, 0.717) is 19.4 Å². The van der Waals surface area contributed by atoms with E-state index in [4.69, 9.17) is 9.47 Å². The summed E-state index contributed by atoms with van der Waals surface area (Å²) in [5, 5.41) is 9.40. The highest BCUT2D eigenvalue weighted by atomic mass is 16.6. The van der Waals surface area contributed by atoms with Crippen LogP contribution in [0, 0.1) is 0 Å². The molecule has 1 saturated heterocycles. The van der Waals surface area contributed by atoms with Gasteiger partial charge in [0.2, 0.25) is 0 Å². The second-order valence-electron chi connectivity index (χ2n) is 3.82. The Morgan fingerprint density at radius 2 is 2.50 bits per heavy atom. The third kappa shape index (κ3) is 1.55. The average Bonchev–Trinajstić information content (AvgIpc) is 2.46. The largest absolute Gasteiger partial charge is 0.452 e. The van der Waals surface area contributed by atoms with E-state index in [9.17, 15) is 9.90 Å². The molecule has 4 nitrogen and oxygen atoms in total. The van der Waals surface area contributed by atoms with Crippen molar-refractivity contribution in [3.8, 4) is 0 Å². The van der Waals surface area contributed by atoms with Gasteiger partial charge in [0.15, 0.2) is 5.60 Å². The quantitative estimate of drug-likeness (QED) is 0.489. The minimum Gasteiger partial charge on any atom is -0.452 e. The maximum Gasteiger partial charge on any atom is 0.303 e. The highest BCUT2D eigenvalue weighted by molar-refractivity contribution is 5.67. The van der Waals surface area contributed by atoms with Crippen molar-refractivity contribution in [3.63, 3.8) is 0 Å². The Hall–Kier alpha value is -0.870. The predicted octanol–water partition coefficient (Wildman–Crippen LogP) is 0.398. The SMILES string of the molecule is CC(=O)OC12C=CC(O)CC1OCC2. The van der Waals surface area contributed by atoms with Crippen LogP contribution < -0.4 is 0 Å². The summed E-state index contributed by atoms with van der Waals surface area (Å²) in [5.74, 6) is -0.304. The van der Waals surface area contributed by atoms with E-state index in [-0.39, 0.29) is 12.1 Å². The van der Waals surface area contributed by atoms with Crippen molar-refractivity contribution in [1.82, 2.24) is 0 Å². The molecule has 4 heteroatoms. The molecule has 1 aliphatic heterocycles. The molecule has 2 rings (SSSR count). The third-order valence-corrected chi connectivity index (χ3v) is 2.75. The molecule has 78 valence electrons. The van der Waals surface area contributed by atoms with Crippen LogP contribution in [0.5, 0.6) is 0 Å². The Balaban J connectivity index is 2.21. The van der Waals surface area contributed by atoms with Crippen LogP contribution in [0.25, 0.3) is 0 Å². The maximum absolute atomic E-state index is 11.0. The molecular formula is C10H14O4. The predicted molar refractivity (Wildman–Crippen MR) is 48.6 cm³/mol. The molecule has 0 aromatic rings. The number of hydrogen-bond acceptors (Lipinski definition) is 4. The summed E-state index contributed by atoms with van der Waals surface area (Å²) in [6, 6.07) is 0. The van der Waals surface area contributed by atoms with E-state index in [2.05, 4.69) is 0 Å². The van der Waals surface area contributed by atoms with Crippen molar-refractivity contribution >= 4 is 5.97 Å². The summed E-state index contributed by atoms with van der Waals surface area (Å²) in [5.41, 5.74) is -0.620. The number of aliphatic hydroxyl groups excluding tert-OH is 1. The first-order chi connectivity index (χ1) is 6.62. The summed E-state index contributed by atoms with van der Waals surface area (Å²) >= 11 is 0. The molecule has 14 heavy (non-hydrogen) atoms. The summed E-state index contributed by atoms with van der Waals surface area (Å²) in [4.78, 5) is 11.0. The molecule has 1 fully saturated rings. The van der Waals surface area contributed by atoms with Crippen LogP contribution in [-0.2, 0) is 14.3 Å². The second-order valence-corrected chi connectivity index (χ2v) is 3.82. The molecule has 0 amide bonds. The topological polar surface area (TPSA) is 55.8 Å². The van der Waals surface area contributed by atoms with Gasteiger partial charge >= 0.3 is 5.97 Å². The number of carbonyl (C=O) groups is 1. The van der Waals surface area contributed by atoms with Crippen LogP contribution in [0.2, 0.25) is 0 Å². The Labute approximate surface area is 82.5 Å². The molecule has 0 aromatic heterocycles. The molecule has 0 spiro atoms. The van der Waals surface area contributed by atoms with Crippen LogP contribution >= 0.6 is 0 Å². The highest BCUT2D eigenvalue weighted by Crippen LogP contribution is 2.37. The molecule has 2 aliphatic rings. The number of hydrogen-bond donors (Lipinski definition) is 1. The minimum atomic E-state index is -0.620. The van der Waals surface area contributed by atoms with Crippen molar-refractivity contribution in [1.29, 1.82) is 0 Å². The van der Waals surface area contributed by atoms with Crippen molar-refractivity contribution < 1.29 is 19.4 Å². The third-order valence-electron chi connectivity index (χ3n) is 2.75. The van der Waals surface area contributed by atoms with Crippen molar-refractivity contribution in [2.75, 3.05) is 6.61 Å². The van der Waals surface area contributed by atoms with Gasteiger partial charge in [-0.2, -0.15) is 0 Å². The van der Waals surface area contributed by atoms with E-state index in [0.717, 1.165) is 0 Å². The van der Waals surface area contributed by atoms with Crippen LogP contribution in [0.15, 0.2) is 12.2 Å². The van der Waals surface area contributed by atoms with Crippen LogP contribution in [0.3, 0.4) is 0 Å². The molecule has 1 aliphatic carbocycles. The lowest BCUT2D eigenvalue weighted by Gasteiger charge is -2.34. The van der Waals surface area contributed by atoms with Gasteiger partial charge < -0.3 is 14.6 Å². The zero-order valence-corrected chi connectivity index (χ0v) is 8.10. The lowest BCUT2D eigenvalue weighted by Crippen LogP contribution is -2.45.